The van der Waals surface area contributed by atoms with Crippen LogP contribution >= 0.6 is 0 Å². The SMILES string of the molecule is CCOC(=O)C12CNCC(c3ccccc3)(C1)C2. The summed E-state index contributed by atoms with van der Waals surface area (Å²) in [6, 6.07) is 10.5. The summed E-state index contributed by atoms with van der Waals surface area (Å²) in [7, 11) is 0. The zero-order valence-corrected chi connectivity index (χ0v) is 10.7. The lowest BCUT2D eigenvalue weighted by Gasteiger charge is -2.59. The number of ether oxygens (including phenoxy) is 1. The maximum atomic E-state index is 12.1. The van der Waals surface area contributed by atoms with Crippen LogP contribution in [0.1, 0.15) is 25.3 Å². The molecule has 0 amide bonds. The Labute approximate surface area is 108 Å². The predicted octanol–water partition coefficient (Wildman–Crippen LogP) is 1.87. The van der Waals surface area contributed by atoms with Crippen molar-refractivity contribution >= 4 is 5.97 Å². The molecule has 2 aliphatic heterocycles. The van der Waals surface area contributed by atoms with Crippen molar-refractivity contribution in [3.05, 3.63) is 35.9 Å². The van der Waals surface area contributed by atoms with E-state index in [2.05, 4.69) is 29.6 Å². The first-order valence-corrected chi connectivity index (χ1v) is 6.64. The Morgan fingerprint density at radius 1 is 1.28 bits per heavy atom. The maximum absolute atomic E-state index is 12.1. The summed E-state index contributed by atoms with van der Waals surface area (Å²) in [6.45, 7) is 4.07. The fourth-order valence-electron chi connectivity index (χ4n) is 3.63. The number of esters is 1. The summed E-state index contributed by atoms with van der Waals surface area (Å²) in [6.07, 6.45) is 1.85. The molecule has 1 aliphatic carbocycles. The van der Waals surface area contributed by atoms with Crippen molar-refractivity contribution in [2.75, 3.05) is 19.7 Å². The third kappa shape index (κ3) is 1.57. The molecule has 0 spiro atoms. The van der Waals surface area contributed by atoms with Gasteiger partial charge in [-0.05, 0) is 25.3 Å². The summed E-state index contributed by atoms with van der Waals surface area (Å²) >= 11 is 0. The van der Waals surface area contributed by atoms with Crippen molar-refractivity contribution in [2.24, 2.45) is 5.41 Å². The lowest BCUT2D eigenvalue weighted by molar-refractivity contribution is -0.170. The van der Waals surface area contributed by atoms with E-state index in [1.54, 1.807) is 0 Å². The Balaban J connectivity index is 1.82. The third-order valence-corrected chi connectivity index (χ3v) is 4.37. The molecule has 3 fully saturated rings. The molecular formula is C15H19NO2. The minimum atomic E-state index is -0.274. The van der Waals surface area contributed by atoms with Crippen molar-refractivity contribution in [1.82, 2.24) is 5.32 Å². The Bertz CT molecular complexity index is 449. The van der Waals surface area contributed by atoms with E-state index in [4.69, 9.17) is 4.74 Å². The van der Waals surface area contributed by atoms with Gasteiger partial charge in [0.1, 0.15) is 0 Å². The summed E-state index contributed by atoms with van der Waals surface area (Å²) in [5, 5.41) is 3.40. The monoisotopic (exact) mass is 245 g/mol. The Morgan fingerprint density at radius 2 is 2.00 bits per heavy atom. The number of rotatable bonds is 3. The highest BCUT2D eigenvalue weighted by Gasteiger charge is 2.62. The summed E-state index contributed by atoms with van der Waals surface area (Å²) in [5.74, 6) is -0.0243. The van der Waals surface area contributed by atoms with Gasteiger partial charge in [-0.2, -0.15) is 0 Å². The molecule has 0 aromatic heterocycles. The largest absolute Gasteiger partial charge is 0.466 e. The van der Waals surface area contributed by atoms with E-state index in [-0.39, 0.29) is 16.8 Å². The van der Waals surface area contributed by atoms with Gasteiger partial charge >= 0.3 is 5.97 Å². The van der Waals surface area contributed by atoms with Crippen LogP contribution < -0.4 is 5.32 Å². The quantitative estimate of drug-likeness (QED) is 0.826. The first kappa shape index (κ1) is 11.7. The van der Waals surface area contributed by atoms with Gasteiger partial charge in [0.05, 0.1) is 12.0 Å². The van der Waals surface area contributed by atoms with Crippen molar-refractivity contribution in [3.8, 4) is 0 Å². The van der Waals surface area contributed by atoms with Gasteiger partial charge in [0.2, 0.25) is 0 Å². The lowest BCUT2D eigenvalue weighted by Crippen LogP contribution is -2.67. The van der Waals surface area contributed by atoms with E-state index in [0.29, 0.717) is 6.61 Å². The Morgan fingerprint density at radius 3 is 2.67 bits per heavy atom. The second kappa shape index (κ2) is 4.09. The molecule has 0 atom stereocenters. The number of carbonyl (C=O) groups is 1. The van der Waals surface area contributed by atoms with Gasteiger partial charge in [0.25, 0.3) is 0 Å². The fraction of sp³-hybridized carbons (Fsp3) is 0.533. The number of carbonyl (C=O) groups excluding carboxylic acids is 1. The maximum Gasteiger partial charge on any atom is 0.313 e. The van der Waals surface area contributed by atoms with Crippen LogP contribution in [0.3, 0.4) is 0 Å². The molecule has 2 bridgehead atoms. The number of nitrogens with one attached hydrogen (secondary N) is 1. The first-order chi connectivity index (χ1) is 8.71. The lowest BCUT2D eigenvalue weighted by atomic mass is 9.48. The van der Waals surface area contributed by atoms with E-state index in [1.165, 1.54) is 5.56 Å². The van der Waals surface area contributed by atoms with Gasteiger partial charge in [-0.1, -0.05) is 30.3 Å². The summed E-state index contributed by atoms with van der Waals surface area (Å²) in [4.78, 5) is 12.1. The Kier molecular flexibility index (Phi) is 2.67. The summed E-state index contributed by atoms with van der Waals surface area (Å²) in [5.41, 5.74) is 1.22. The number of hydrogen-bond donors (Lipinski definition) is 1. The zero-order chi connectivity index (χ0) is 12.6. The van der Waals surface area contributed by atoms with Crippen molar-refractivity contribution in [3.63, 3.8) is 0 Å². The molecule has 2 heterocycles. The molecule has 0 radical (unpaired) electrons. The van der Waals surface area contributed by atoms with Crippen molar-refractivity contribution < 1.29 is 9.53 Å². The van der Waals surface area contributed by atoms with Crippen LogP contribution in [-0.2, 0) is 14.9 Å². The number of benzene rings is 1. The van der Waals surface area contributed by atoms with Gasteiger partial charge in [0, 0.05) is 18.5 Å². The van der Waals surface area contributed by atoms with Crippen LogP contribution in [0, 0.1) is 5.41 Å². The fourth-order valence-corrected chi connectivity index (χ4v) is 3.63. The van der Waals surface area contributed by atoms with Crippen LogP contribution in [0.2, 0.25) is 0 Å². The van der Waals surface area contributed by atoms with Crippen LogP contribution in [-0.4, -0.2) is 25.7 Å². The van der Waals surface area contributed by atoms with E-state index < -0.39 is 0 Å². The number of piperidine rings is 2. The van der Waals surface area contributed by atoms with E-state index in [0.717, 1.165) is 25.9 Å². The highest BCUT2D eigenvalue weighted by Crippen LogP contribution is 2.58. The second-order valence-electron chi connectivity index (χ2n) is 5.60. The minimum Gasteiger partial charge on any atom is -0.466 e. The van der Waals surface area contributed by atoms with Crippen LogP contribution in [0.25, 0.3) is 0 Å². The molecule has 1 saturated carbocycles. The average Bonchev–Trinajstić information content (AvgIpc) is 2.39. The highest BCUT2D eigenvalue weighted by atomic mass is 16.5. The molecule has 3 aliphatic rings. The van der Waals surface area contributed by atoms with E-state index >= 15 is 0 Å². The molecule has 2 saturated heterocycles. The number of hydrogen-bond acceptors (Lipinski definition) is 3. The Hall–Kier alpha value is -1.35. The molecule has 1 aromatic carbocycles. The molecule has 0 unspecified atom stereocenters. The van der Waals surface area contributed by atoms with Crippen LogP contribution in [0.4, 0.5) is 0 Å². The standard InChI is InChI=1S/C15H19NO2/c1-2-18-13(17)15-8-14(9-15,10-16-11-15)12-6-4-3-5-7-12/h3-7,16H,2,8-11H2,1H3. The molecule has 96 valence electrons. The predicted molar refractivity (Wildman–Crippen MR) is 69.3 cm³/mol. The van der Waals surface area contributed by atoms with Gasteiger partial charge < -0.3 is 10.1 Å². The molecule has 1 N–H and O–H groups in total. The third-order valence-electron chi connectivity index (χ3n) is 4.37. The zero-order valence-electron chi connectivity index (χ0n) is 10.7. The first-order valence-electron chi connectivity index (χ1n) is 6.64. The molecule has 3 nitrogen and oxygen atoms in total. The van der Waals surface area contributed by atoms with Gasteiger partial charge in [0.15, 0.2) is 0 Å². The molecule has 4 rings (SSSR count). The van der Waals surface area contributed by atoms with Gasteiger partial charge in [-0.15, -0.1) is 0 Å². The minimum absolute atomic E-state index is 0.0243. The van der Waals surface area contributed by atoms with Crippen LogP contribution in [0.15, 0.2) is 30.3 Å². The van der Waals surface area contributed by atoms with Crippen molar-refractivity contribution in [2.45, 2.75) is 25.2 Å². The topological polar surface area (TPSA) is 38.3 Å². The van der Waals surface area contributed by atoms with Crippen molar-refractivity contribution in [1.29, 1.82) is 0 Å². The highest BCUT2D eigenvalue weighted by molar-refractivity contribution is 5.80. The van der Waals surface area contributed by atoms with Gasteiger partial charge in [-0.3, -0.25) is 4.79 Å². The molecule has 3 heteroatoms. The summed E-state index contributed by atoms with van der Waals surface area (Å²) < 4.78 is 5.22. The second-order valence-corrected chi connectivity index (χ2v) is 5.60. The molecular weight excluding hydrogens is 226 g/mol. The van der Waals surface area contributed by atoms with Gasteiger partial charge in [-0.25, -0.2) is 0 Å². The molecule has 18 heavy (non-hydrogen) atoms. The number of fused-ring (bicyclic) bond motifs is 2. The van der Waals surface area contributed by atoms with E-state index in [1.807, 2.05) is 13.0 Å². The van der Waals surface area contributed by atoms with Crippen LogP contribution in [0.5, 0.6) is 0 Å². The average molecular weight is 245 g/mol. The smallest absolute Gasteiger partial charge is 0.313 e. The molecule has 1 aromatic rings. The van der Waals surface area contributed by atoms with E-state index in [9.17, 15) is 4.79 Å². The normalized spacial score (nSPS) is 33.6.